The molecule has 1 aromatic carbocycles. The first kappa shape index (κ1) is 22.6. The van der Waals surface area contributed by atoms with E-state index in [1.165, 1.54) is 0 Å². The maximum atomic E-state index is 13.0. The molecular weight excluding hydrogens is 408 g/mol. The fraction of sp³-hybridized carbons (Fsp3) is 0.583. The molecule has 4 rings (SSSR count). The molecule has 0 spiro atoms. The molecule has 2 aliphatic heterocycles. The number of benzene rings is 1. The van der Waals surface area contributed by atoms with Gasteiger partial charge in [-0.2, -0.15) is 0 Å². The van der Waals surface area contributed by atoms with E-state index in [1.807, 2.05) is 12.1 Å². The molecule has 2 amide bonds. The Balaban J connectivity index is 1.31. The molecule has 174 valence electrons. The number of carbonyl (C=O) groups excluding carboxylic acids is 2. The van der Waals surface area contributed by atoms with Crippen molar-refractivity contribution in [2.75, 3.05) is 59.0 Å². The van der Waals surface area contributed by atoms with Gasteiger partial charge >= 0.3 is 0 Å². The van der Waals surface area contributed by atoms with Crippen LogP contribution in [0.2, 0.25) is 0 Å². The molecule has 0 unspecified atom stereocenters. The number of piperazine rings is 1. The summed E-state index contributed by atoms with van der Waals surface area (Å²) < 4.78 is 11.4. The first-order valence-electron chi connectivity index (χ1n) is 11.6. The molecule has 32 heavy (non-hydrogen) atoms. The summed E-state index contributed by atoms with van der Waals surface area (Å²) in [6.45, 7) is 9.11. The maximum absolute atomic E-state index is 13.0. The van der Waals surface area contributed by atoms with Crippen LogP contribution >= 0.6 is 0 Å². The fourth-order valence-electron chi connectivity index (χ4n) is 4.87. The molecule has 0 aromatic heterocycles. The van der Waals surface area contributed by atoms with Crippen LogP contribution in [0.4, 0.5) is 0 Å². The highest BCUT2D eigenvalue weighted by atomic mass is 16.6. The molecule has 8 heteroatoms. The molecule has 0 radical (unpaired) electrons. The summed E-state index contributed by atoms with van der Waals surface area (Å²) in [5.74, 6) is 1.61. The van der Waals surface area contributed by atoms with E-state index in [4.69, 9.17) is 9.47 Å². The smallest absolute Gasteiger partial charge is 0.234 e. The minimum atomic E-state index is -0.335. The van der Waals surface area contributed by atoms with Crippen LogP contribution in [0.1, 0.15) is 31.2 Å². The number of fused-ring (bicyclic) bond motifs is 1. The summed E-state index contributed by atoms with van der Waals surface area (Å²) >= 11 is 0. The Labute approximate surface area is 189 Å². The van der Waals surface area contributed by atoms with Gasteiger partial charge in [-0.15, -0.1) is 6.58 Å². The molecule has 1 aliphatic carbocycles. The van der Waals surface area contributed by atoms with Crippen LogP contribution < -0.4 is 20.1 Å². The van der Waals surface area contributed by atoms with Crippen LogP contribution in [-0.2, 0) is 15.1 Å². The topological polar surface area (TPSA) is 83.1 Å². The van der Waals surface area contributed by atoms with E-state index in [-0.39, 0.29) is 17.4 Å². The van der Waals surface area contributed by atoms with Crippen molar-refractivity contribution in [1.82, 2.24) is 20.4 Å². The van der Waals surface area contributed by atoms with Gasteiger partial charge in [0.1, 0.15) is 13.2 Å². The molecule has 2 heterocycles. The van der Waals surface area contributed by atoms with Gasteiger partial charge in [-0.05, 0) is 30.5 Å². The normalized spacial score (nSPS) is 20.5. The molecule has 0 atom stereocenters. The van der Waals surface area contributed by atoms with Crippen LogP contribution in [0.15, 0.2) is 30.9 Å². The molecule has 2 N–H and O–H groups in total. The van der Waals surface area contributed by atoms with Crippen molar-refractivity contribution in [2.24, 2.45) is 0 Å². The van der Waals surface area contributed by atoms with Gasteiger partial charge in [0.05, 0.1) is 18.6 Å². The van der Waals surface area contributed by atoms with Gasteiger partial charge in [0, 0.05) is 32.7 Å². The third-order valence-corrected chi connectivity index (χ3v) is 6.57. The third kappa shape index (κ3) is 5.42. The van der Waals surface area contributed by atoms with Gasteiger partial charge in [0.25, 0.3) is 0 Å². The van der Waals surface area contributed by atoms with E-state index in [0.717, 1.165) is 68.9 Å². The van der Waals surface area contributed by atoms with Crippen molar-refractivity contribution in [3.05, 3.63) is 36.4 Å². The molecule has 1 saturated carbocycles. The predicted molar refractivity (Wildman–Crippen MR) is 122 cm³/mol. The number of hydrogen-bond donors (Lipinski definition) is 2. The van der Waals surface area contributed by atoms with E-state index in [9.17, 15) is 9.59 Å². The van der Waals surface area contributed by atoms with Crippen molar-refractivity contribution in [2.45, 2.75) is 31.2 Å². The Morgan fingerprint density at radius 2 is 1.59 bits per heavy atom. The highest BCUT2D eigenvalue weighted by molar-refractivity contribution is 5.79. The summed E-state index contributed by atoms with van der Waals surface area (Å²) in [5.41, 5.74) is 0.765. The zero-order chi connectivity index (χ0) is 22.4. The minimum absolute atomic E-state index is 0.0127. The highest BCUT2D eigenvalue weighted by Crippen LogP contribution is 2.42. The number of carbonyl (C=O) groups is 2. The fourth-order valence-corrected chi connectivity index (χ4v) is 4.87. The summed E-state index contributed by atoms with van der Waals surface area (Å²) in [5, 5.41) is 6.17. The number of nitrogens with zero attached hydrogens (tertiary/aromatic N) is 2. The second-order valence-electron chi connectivity index (χ2n) is 8.84. The number of rotatable bonds is 8. The quantitative estimate of drug-likeness (QED) is 0.590. The van der Waals surface area contributed by atoms with Crippen molar-refractivity contribution < 1.29 is 19.1 Å². The van der Waals surface area contributed by atoms with Gasteiger partial charge in [0.15, 0.2) is 11.5 Å². The zero-order valence-corrected chi connectivity index (χ0v) is 18.7. The van der Waals surface area contributed by atoms with Gasteiger partial charge in [-0.1, -0.05) is 25.0 Å². The van der Waals surface area contributed by atoms with Crippen LogP contribution in [-0.4, -0.2) is 80.6 Å². The monoisotopic (exact) mass is 442 g/mol. The maximum Gasteiger partial charge on any atom is 0.234 e. The third-order valence-electron chi connectivity index (χ3n) is 6.57. The SMILES string of the molecule is C=CCNC(=O)CN1CCN(CC(=O)NC2(c3ccc4c(c3)OCCO4)CCCC2)CC1. The van der Waals surface area contributed by atoms with Crippen molar-refractivity contribution in [3.8, 4) is 11.5 Å². The number of ether oxygens (including phenoxy) is 2. The minimum Gasteiger partial charge on any atom is -0.486 e. The Bertz CT molecular complexity index is 829. The van der Waals surface area contributed by atoms with E-state index in [1.54, 1.807) is 6.08 Å². The lowest BCUT2D eigenvalue weighted by Crippen LogP contribution is -2.53. The Kier molecular flexibility index (Phi) is 7.32. The zero-order valence-electron chi connectivity index (χ0n) is 18.7. The van der Waals surface area contributed by atoms with E-state index >= 15 is 0 Å². The standard InChI is InChI=1S/C24H34N4O4/c1-2-9-25-22(29)17-27-10-12-28(13-11-27)18-23(30)26-24(7-3-4-8-24)19-5-6-20-21(16-19)32-15-14-31-20/h2,5-6,16H,1,3-4,7-15,17-18H2,(H,25,29)(H,26,30). The number of nitrogens with one attached hydrogen (secondary N) is 2. The molecule has 2 fully saturated rings. The Morgan fingerprint density at radius 1 is 0.969 bits per heavy atom. The molecular formula is C24H34N4O4. The molecule has 8 nitrogen and oxygen atoms in total. The Hall–Kier alpha value is -2.58. The van der Waals surface area contributed by atoms with Gasteiger partial charge in [0.2, 0.25) is 11.8 Å². The van der Waals surface area contributed by atoms with Crippen LogP contribution in [0.5, 0.6) is 11.5 Å². The van der Waals surface area contributed by atoms with Crippen LogP contribution in [0, 0.1) is 0 Å². The van der Waals surface area contributed by atoms with E-state index in [2.05, 4.69) is 33.1 Å². The first-order valence-corrected chi connectivity index (χ1v) is 11.6. The summed E-state index contributed by atoms with van der Waals surface area (Å²) in [6, 6.07) is 6.06. The van der Waals surface area contributed by atoms with E-state index < -0.39 is 0 Å². The van der Waals surface area contributed by atoms with Crippen molar-refractivity contribution in [3.63, 3.8) is 0 Å². The summed E-state index contributed by atoms with van der Waals surface area (Å²) in [4.78, 5) is 29.2. The second kappa shape index (κ2) is 10.4. The molecule has 3 aliphatic rings. The lowest BCUT2D eigenvalue weighted by molar-refractivity contribution is -0.126. The van der Waals surface area contributed by atoms with Gasteiger partial charge < -0.3 is 20.1 Å². The van der Waals surface area contributed by atoms with Gasteiger partial charge in [-0.25, -0.2) is 0 Å². The van der Waals surface area contributed by atoms with Gasteiger partial charge in [-0.3, -0.25) is 19.4 Å². The Morgan fingerprint density at radius 3 is 2.25 bits per heavy atom. The molecule has 1 saturated heterocycles. The average molecular weight is 443 g/mol. The van der Waals surface area contributed by atoms with Crippen molar-refractivity contribution >= 4 is 11.8 Å². The predicted octanol–water partition coefficient (Wildman–Crippen LogP) is 1.26. The van der Waals surface area contributed by atoms with E-state index in [0.29, 0.717) is 32.8 Å². The summed E-state index contributed by atoms with van der Waals surface area (Å²) in [6.07, 6.45) is 5.75. The summed E-state index contributed by atoms with van der Waals surface area (Å²) in [7, 11) is 0. The lowest BCUT2D eigenvalue weighted by Gasteiger charge is -2.36. The number of hydrogen-bond acceptors (Lipinski definition) is 6. The van der Waals surface area contributed by atoms with Crippen molar-refractivity contribution in [1.29, 1.82) is 0 Å². The highest BCUT2D eigenvalue weighted by Gasteiger charge is 2.38. The number of amides is 2. The largest absolute Gasteiger partial charge is 0.486 e. The van der Waals surface area contributed by atoms with Crippen LogP contribution in [0.3, 0.4) is 0 Å². The second-order valence-corrected chi connectivity index (χ2v) is 8.84. The lowest BCUT2D eigenvalue weighted by atomic mass is 9.87. The molecule has 1 aromatic rings. The molecule has 0 bridgehead atoms. The van der Waals surface area contributed by atoms with Crippen LogP contribution in [0.25, 0.3) is 0 Å². The first-order chi connectivity index (χ1) is 15.6. The average Bonchev–Trinajstić information content (AvgIpc) is 3.28.